The molecule has 0 saturated carbocycles. The molecule has 2 saturated heterocycles. The van der Waals surface area contributed by atoms with Crippen molar-refractivity contribution in [2.75, 3.05) is 39.4 Å². The lowest BCUT2D eigenvalue weighted by Crippen LogP contribution is -3.14. The molecule has 0 aliphatic carbocycles. The second kappa shape index (κ2) is 11.4. The van der Waals surface area contributed by atoms with E-state index >= 15 is 0 Å². The number of benzene rings is 2. The van der Waals surface area contributed by atoms with Crippen molar-refractivity contribution in [2.45, 2.75) is 45.8 Å². The van der Waals surface area contributed by atoms with Crippen LogP contribution in [0.3, 0.4) is 0 Å². The molecule has 37 heavy (non-hydrogen) atoms. The van der Waals surface area contributed by atoms with Gasteiger partial charge in [0.15, 0.2) is 11.6 Å². The fraction of sp³-hybridized carbons (Fsp3) is 0.448. The van der Waals surface area contributed by atoms with Gasteiger partial charge in [0.1, 0.15) is 13.1 Å². The number of Topliss-reactive ketones (excluding diaryl/α,β-unsaturated/α-hetero) is 1. The highest BCUT2D eigenvalue weighted by atomic mass is 19.1. The number of hydrogen-bond acceptors (Lipinski definition) is 5. The van der Waals surface area contributed by atoms with Gasteiger partial charge in [-0.25, -0.2) is 4.39 Å². The van der Waals surface area contributed by atoms with Crippen molar-refractivity contribution in [3.05, 3.63) is 70.5 Å². The first-order valence-corrected chi connectivity index (χ1v) is 12.9. The van der Waals surface area contributed by atoms with E-state index in [1.54, 1.807) is 13.8 Å². The van der Waals surface area contributed by atoms with Crippen molar-refractivity contribution in [3.63, 3.8) is 0 Å². The molecule has 1 atom stereocenters. The number of halogens is 1. The summed E-state index contributed by atoms with van der Waals surface area (Å²) in [6.07, 6.45) is -0.236. The zero-order valence-electron chi connectivity index (χ0n) is 21.9. The van der Waals surface area contributed by atoms with Gasteiger partial charge in [-0.05, 0) is 48.6 Å². The summed E-state index contributed by atoms with van der Waals surface area (Å²) in [5, 5.41) is 13.6. The molecule has 2 aromatic carbocycles. The minimum absolute atomic E-state index is 0.00853. The van der Waals surface area contributed by atoms with E-state index in [1.807, 2.05) is 24.3 Å². The molecule has 2 aromatic rings. The molecule has 1 unspecified atom stereocenters. The summed E-state index contributed by atoms with van der Waals surface area (Å²) in [6, 6.07) is 10.7. The third-order valence-corrected chi connectivity index (χ3v) is 6.91. The summed E-state index contributed by atoms with van der Waals surface area (Å²) in [6.45, 7) is 11.6. The van der Waals surface area contributed by atoms with Crippen molar-refractivity contribution < 1.29 is 33.5 Å². The summed E-state index contributed by atoms with van der Waals surface area (Å²) < 4.78 is 25.6. The van der Waals surface area contributed by atoms with E-state index in [0.29, 0.717) is 37.8 Å². The Morgan fingerprint density at radius 3 is 2.38 bits per heavy atom. The lowest BCUT2D eigenvalue weighted by atomic mass is 9.93. The Labute approximate surface area is 217 Å². The van der Waals surface area contributed by atoms with E-state index < -0.39 is 29.3 Å². The molecule has 8 heteroatoms. The number of nitrogens with zero attached hydrogens (tertiary/aromatic N) is 1. The molecule has 1 amide bonds. The molecular formula is C29H35FN2O5. The lowest BCUT2D eigenvalue weighted by molar-refractivity contribution is -0.907. The Morgan fingerprint density at radius 1 is 1.11 bits per heavy atom. The summed E-state index contributed by atoms with van der Waals surface area (Å²) >= 11 is 0. The smallest absolute Gasteiger partial charge is 0.295 e. The molecule has 7 nitrogen and oxygen atoms in total. The third kappa shape index (κ3) is 5.86. The molecule has 2 aliphatic heterocycles. The van der Waals surface area contributed by atoms with Crippen LogP contribution in [-0.4, -0.2) is 62.1 Å². The Hall–Kier alpha value is -3.23. The highest BCUT2D eigenvalue weighted by Gasteiger charge is 2.44. The minimum Gasteiger partial charge on any atom is -0.872 e. The van der Waals surface area contributed by atoms with Gasteiger partial charge in [-0.15, -0.1) is 0 Å². The van der Waals surface area contributed by atoms with Crippen LogP contribution in [0.25, 0.3) is 5.76 Å². The Balaban J connectivity index is 1.73. The first-order chi connectivity index (χ1) is 17.7. The van der Waals surface area contributed by atoms with Crippen molar-refractivity contribution in [3.8, 4) is 5.75 Å². The van der Waals surface area contributed by atoms with Gasteiger partial charge in [-0.1, -0.05) is 49.9 Å². The second-order valence-corrected chi connectivity index (χ2v) is 10.2. The lowest BCUT2D eigenvalue weighted by Gasteiger charge is -2.30. The fourth-order valence-electron chi connectivity index (χ4n) is 4.85. The maximum Gasteiger partial charge on any atom is 0.295 e. The number of hydrogen-bond donors (Lipinski definition) is 1. The van der Waals surface area contributed by atoms with E-state index in [0.717, 1.165) is 24.7 Å². The quantitative estimate of drug-likeness (QED) is 0.333. The van der Waals surface area contributed by atoms with Crippen LogP contribution in [0.4, 0.5) is 4.39 Å². The van der Waals surface area contributed by atoms with Gasteiger partial charge >= 0.3 is 0 Å². The largest absolute Gasteiger partial charge is 0.872 e. The van der Waals surface area contributed by atoms with E-state index in [4.69, 9.17) is 9.47 Å². The number of rotatable bonds is 8. The Bertz CT molecular complexity index is 1170. The zero-order valence-corrected chi connectivity index (χ0v) is 21.9. The van der Waals surface area contributed by atoms with Crippen LogP contribution < -0.4 is 14.7 Å². The average Bonchev–Trinajstić information content (AvgIpc) is 3.13. The second-order valence-electron chi connectivity index (χ2n) is 10.2. The van der Waals surface area contributed by atoms with Crippen LogP contribution in [-0.2, 0) is 14.3 Å². The molecule has 4 rings (SSSR count). The molecule has 0 spiro atoms. The number of carbonyl (C=O) groups is 2. The number of carbonyl (C=O) groups excluding carboxylic acids is 2. The van der Waals surface area contributed by atoms with Gasteiger partial charge in [0.05, 0.1) is 38.4 Å². The molecule has 0 radical (unpaired) electrons. The molecule has 0 aromatic heterocycles. The van der Waals surface area contributed by atoms with Crippen LogP contribution >= 0.6 is 0 Å². The monoisotopic (exact) mass is 510 g/mol. The number of ketones is 1. The third-order valence-electron chi connectivity index (χ3n) is 6.91. The molecule has 2 heterocycles. The van der Waals surface area contributed by atoms with Gasteiger partial charge in [0.2, 0.25) is 5.78 Å². The molecular weight excluding hydrogens is 475 g/mol. The molecule has 2 aliphatic rings. The van der Waals surface area contributed by atoms with Crippen LogP contribution in [0.5, 0.6) is 5.75 Å². The van der Waals surface area contributed by atoms with E-state index in [9.17, 15) is 19.1 Å². The predicted molar refractivity (Wildman–Crippen MR) is 135 cm³/mol. The highest BCUT2D eigenvalue weighted by Crippen LogP contribution is 2.39. The van der Waals surface area contributed by atoms with Crippen molar-refractivity contribution >= 4 is 17.4 Å². The molecule has 198 valence electrons. The number of morpholine rings is 1. The van der Waals surface area contributed by atoms with Gasteiger partial charge in [0.25, 0.3) is 5.91 Å². The van der Waals surface area contributed by atoms with E-state index in [2.05, 4.69) is 13.8 Å². The molecule has 1 N–H and O–H groups in total. The van der Waals surface area contributed by atoms with Crippen molar-refractivity contribution in [1.82, 2.24) is 4.90 Å². The topological polar surface area (TPSA) is 83.3 Å². The maximum absolute atomic E-state index is 14.7. The SMILES string of the molecule is CC(C)Oc1ccc(/C([O-])=C2\C(=O)C(=O)N(CC[NH+]3CCOCC3)C2c2ccc(C(C)C)cc2)cc1F. The average molecular weight is 511 g/mol. The van der Waals surface area contributed by atoms with Crippen molar-refractivity contribution in [1.29, 1.82) is 0 Å². The number of nitrogens with one attached hydrogen (secondary N) is 1. The summed E-state index contributed by atoms with van der Waals surface area (Å²) in [5.41, 5.74) is 1.66. The normalized spacial score (nSPS) is 20.3. The summed E-state index contributed by atoms with van der Waals surface area (Å²) in [5.74, 6) is -2.53. The summed E-state index contributed by atoms with van der Waals surface area (Å²) in [4.78, 5) is 29.2. The summed E-state index contributed by atoms with van der Waals surface area (Å²) in [7, 11) is 0. The number of likely N-dealkylation sites (tertiary alicyclic amines) is 1. The fourth-order valence-corrected chi connectivity index (χ4v) is 4.85. The standard InChI is InChI=1S/C29H35FN2O5/c1-18(2)20-5-7-21(8-6-20)26-25(27(33)22-9-10-24(23(30)17-22)37-19(3)4)28(34)29(35)32(26)12-11-31-13-15-36-16-14-31/h5-10,17-19,26,33H,11-16H2,1-4H3/b27-25+. The Kier molecular flexibility index (Phi) is 8.29. The molecule has 2 fully saturated rings. The van der Waals surface area contributed by atoms with Gasteiger partial charge in [0, 0.05) is 5.57 Å². The van der Waals surface area contributed by atoms with Crippen molar-refractivity contribution in [2.24, 2.45) is 0 Å². The predicted octanol–water partition coefficient (Wildman–Crippen LogP) is 1.88. The van der Waals surface area contributed by atoms with Crippen LogP contribution in [0.1, 0.15) is 56.3 Å². The van der Waals surface area contributed by atoms with Gasteiger partial charge in [-0.2, -0.15) is 0 Å². The van der Waals surface area contributed by atoms with E-state index in [-0.39, 0.29) is 23.0 Å². The van der Waals surface area contributed by atoms with Crippen LogP contribution in [0, 0.1) is 5.82 Å². The first-order valence-electron chi connectivity index (χ1n) is 12.9. The number of amides is 1. The van der Waals surface area contributed by atoms with Crippen LogP contribution in [0.2, 0.25) is 0 Å². The maximum atomic E-state index is 14.7. The minimum atomic E-state index is -0.831. The zero-order chi connectivity index (χ0) is 26.7. The number of quaternary nitrogens is 1. The van der Waals surface area contributed by atoms with Crippen LogP contribution in [0.15, 0.2) is 48.0 Å². The first kappa shape index (κ1) is 26.8. The molecule has 0 bridgehead atoms. The van der Waals surface area contributed by atoms with E-state index in [1.165, 1.54) is 21.9 Å². The number of ether oxygens (including phenoxy) is 2. The van der Waals surface area contributed by atoms with Gasteiger partial charge in [-0.3, -0.25) is 9.59 Å². The van der Waals surface area contributed by atoms with Gasteiger partial charge < -0.3 is 24.4 Å². The Morgan fingerprint density at radius 2 is 1.78 bits per heavy atom. The highest BCUT2D eigenvalue weighted by molar-refractivity contribution is 6.46.